The van der Waals surface area contributed by atoms with E-state index in [1.807, 2.05) is 21.9 Å². The fourth-order valence-corrected chi connectivity index (χ4v) is 5.49. The highest BCUT2D eigenvalue weighted by molar-refractivity contribution is 6.05. The number of nitrogens with two attached hydrogens (primary N) is 1. The third kappa shape index (κ3) is 5.73. The zero-order chi connectivity index (χ0) is 28.3. The van der Waals surface area contributed by atoms with Crippen LogP contribution in [0.25, 0.3) is 22.3 Å². The molecule has 6 rings (SSSR count). The van der Waals surface area contributed by atoms with Gasteiger partial charge in [-0.2, -0.15) is 5.10 Å². The summed E-state index contributed by atoms with van der Waals surface area (Å²) in [5, 5.41) is 10.2. The van der Waals surface area contributed by atoms with E-state index in [0.29, 0.717) is 61.6 Å². The molecule has 210 valence electrons. The van der Waals surface area contributed by atoms with Gasteiger partial charge in [-0.05, 0) is 61.5 Å². The molecule has 12 heteroatoms. The molecule has 0 radical (unpaired) electrons. The topological polar surface area (TPSA) is 153 Å². The molecule has 0 spiro atoms. The van der Waals surface area contributed by atoms with E-state index in [1.165, 1.54) is 0 Å². The van der Waals surface area contributed by atoms with Gasteiger partial charge in [-0.1, -0.05) is 0 Å². The van der Waals surface area contributed by atoms with E-state index in [4.69, 9.17) is 5.73 Å². The number of likely N-dealkylation sites (tertiary alicyclic amines) is 1. The number of aromatic nitrogens is 4. The van der Waals surface area contributed by atoms with Crippen molar-refractivity contribution in [2.24, 2.45) is 11.7 Å². The first kappa shape index (κ1) is 26.4. The van der Waals surface area contributed by atoms with Crippen molar-refractivity contribution < 1.29 is 14.4 Å². The molecule has 0 saturated carbocycles. The lowest BCUT2D eigenvalue weighted by molar-refractivity contribution is -0.132. The predicted molar refractivity (Wildman–Crippen MR) is 154 cm³/mol. The largest absolute Gasteiger partial charge is 0.368 e. The van der Waals surface area contributed by atoms with Gasteiger partial charge in [0.1, 0.15) is 0 Å². The van der Waals surface area contributed by atoms with Crippen LogP contribution in [0.4, 0.5) is 11.4 Å². The van der Waals surface area contributed by atoms with Crippen LogP contribution in [-0.2, 0) is 9.59 Å². The summed E-state index contributed by atoms with van der Waals surface area (Å²) in [5.41, 5.74) is 8.85. The monoisotopic (exact) mass is 553 g/mol. The number of nitrogens with one attached hydrogen (secondary N) is 2. The summed E-state index contributed by atoms with van der Waals surface area (Å²) in [6.07, 6.45) is 4.14. The lowest BCUT2D eigenvalue weighted by atomic mass is 10.1. The number of piperazine rings is 1. The Morgan fingerprint density at radius 3 is 2.46 bits per heavy atom. The minimum atomic E-state index is -0.634. The number of rotatable bonds is 7. The van der Waals surface area contributed by atoms with E-state index in [2.05, 4.69) is 42.5 Å². The Bertz CT molecular complexity index is 1560. The van der Waals surface area contributed by atoms with Gasteiger partial charge in [-0.3, -0.25) is 24.4 Å². The van der Waals surface area contributed by atoms with E-state index >= 15 is 0 Å². The average Bonchev–Trinajstić information content (AvgIpc) is 3.65. The van der Waals surface area contributed by atoms with Gasteiger partial charge < -0.3 is 20.9 Å². The Hall–Kier alpha value is -4.84. The molecule has 0 aliphatic carbocycles. The first-order valence-electron chi connectivity index (χ1n) is 13.7. The summed E-state index contributed by atoms with van der Waals surface area (Å²) in [6.45, 7) is 4.35. The maximum atomic E-state index is 13.1. The number of amides is 3. The second kappa shape index (κ2) is 11.3. The van der Waals surface area contributed by atoms with Crippen molar-refractivity contribution in [3.8, 4) is 11.4 Å². The van der Waals surface area contributed by atoms with E-state index in [1.54, 1.807) is 36.7 Å². The van der Waals surface area contributed by atoms with Gasteiger partial charge >= 0.3 is 0 Å². The van der Waals surface area contributed by atoms with Crippen LogP contribution >= 0.6 is 0 Å². The number of aromatic amines is 1. The van der Waals surface area contributed by atoms with Crippen LogP contribution in [-0.4, -0.2) is 93.5 Å². The molecule has 2 aromatic carbocycles. The summed E-state index contributed by atoms with van der Waals surface area (Å²) in [5.74, 6) is -0.177. The maximum Gasteiger partial charge on any atom is 0.269 e. The number of fused-ring (bicyclic) bond motifs is 1. The summed E-state index contributed by atoms with van der Waals surface area (Å²) in [7, 11) is 0. The summed E-state index contributed by atoms with van der Waals surface area (Å²) >= 11 is 0. The molecule has 4 N–H and O–H groups in total. The quantitative estimate of drug-likeness (QED) is 0.313. The fraction of sp³-hybridized carbons (Fsp3) is 0.310. The molecule has 4 aromatic rings. The van der Waals surface area contributed by atoms with Crippen LogP contribution in [0.5, 0.6) is 0 Å². The van der Waals surface area contributed by atoms with Crippen molar-refractivity contribution in [3.05, 3.63) is 66.6 Å². The first-order chi connectivity index (χ1) is 19.9. The molecule has 41 heavy (non-hydrogen) atoms. The summed E-state index contributed by atoms with van der Waals surface area (Å²) < 4.78 is 0. The molecule has 2 aliphatic heterocycles. The smallest absolute Gasteiger partial charge is 0.269 e. The molecule has 2 aliphatic rings. The lowest BCUT2D eigenvalue weighted by Gasteiger charge is -2.36. The van der Waals surface area contributed by atoms with E-state index in [-0.39, 0.29) is 23.4 Å². The number of anilines is 2. The molecule has 12 nitrogen and oxygen atoms in total. The summed E-state index contributed by atoms with van der Waals surface area (Å²) in [6, 6.07) is 15.2. The SMILES string of the molecule is NC(=O)c1n[nH]c2ccc(NC(=O)[C@@H]3CCN(CC(=O)N4CCN(c5ccc(-c6ncccn6)cc5)CC4)C3)cc12. The van der Waals surface area contributed by atoms with Gasteiger partial charge in [0.2, 0.25) is 11.8 Å². The van der Waals surface area contributed by atoms with Crippen molar-refractivity contribution in [2.45, 2.75) is 6.42 Å². The van der Waals surface area contributed by atoms with Gasteiger partial charge in [0.05, 0.1) is 18.0 Å². The van der Waals surface area contributed by atoms with E-state index < -0.39 is 5.91 Å². The van der Waals surface area contributed by atoms with Crippen molar-refractivity contribution in [1.29, 1.82) is 0 Å². The lowest BCUT2D eigenvalue weighted by Crippen LogP contribution is -2.51. The second-order valence-electron chi connectivity index (χ2n) is 10.4. The van der Waals surface area contributed by atoms with Gasteiger partial charge in [0.25, 0.3) is 5.91 Å². The molecule has 3 amide bonds. The number of carbonyl (C=O) groups is 3. The molecular formula is C29H31N9O3. The minimum Gasteiger partial charge on any atom is -0.368 e. The first-order valence-corrected chi connectivity index (χ1v) is 13.7. The number of carbonyl (C=O) groups excluding carboxylic acids is 3. The highest BCUT2D eigenvalue weighted by Gasteiger charge is 2.31. The maximum absolute atomic E-state index is 13.1. The van der Waals surface area contributed by atoms with Crippen LogP contribution in [0.15, 0.2) is 60.9 Å². The zero-order valence-electron chi connectivity index (χ0n) is 22.5. The van der Waals surface area contributed by atoms with E-state index in [0.717, 1.165) is 24.3 Å². The summed E-state index contributed by atoms with van der Waals surface area (Å²) in [4.78, 5) is 52.5. The Labute approximate surface area is 236 Å². The van der Waals surface area contributed by atoms with Gasteiger partial charge in [0, 0.05) is 67.4 Å². The standard InChI is InChI=1S/C29H31N9O3/c30-27(40)26-23-16-21(4-7-24(23)34-35-26)33-29(41)20-8-11-36(17-20)18-25(39)38-14-12-37(13-15-38)22-5-2-19(3-6-22)28-31-9-1-10-32-28/h1-7,9-10,16,20H,8,11-15,17-18H2,(H2,30,40)(H,33,41)(H,34,35)/t20-/m1/s1. The average molecular weight is 554 g/mol. The van der Waals surface area contributed by atoms with Crippen LogP contribution in [0, 0.1) is 5.92 Å². The normalized spacial score (nSPS) is 17.6. The zero-order valence-corrected chi connectivity index (χ0v) is 22.5. The van der Waals surface area contributed by atoms with Crippen molar-refractivity contribution in [2.75, 3.05) is 56.0 Å². The highest BCUT2D eigenvalue weighted by Crippen LogP contribution is 2.24. The predicted octanol–water partition coefficient (Wildman–Crippen LogP) is 1.73. The van der Waals surface area contributed by atoms with Gasteiger partial charge in [0.15, 0.2) is 11.5 Å². The Balaban J connectivity index is 0.975. The van der Waals surface area contributed by atoms with Gasteiger partial charge in [-0.15, -0.1) is 0 Å². The Morgan fingerprint density at radius 1 is 0.976 bits per heavy atom. The number of hydrogen-bond acceptors (Lipinski definition) is 8. The number of benzene rings is 2. The number of nitrogens with zero attached hydrogens (tertiary/aromatic N) is 6. The third-order valence-corrected chi connectivity index (χ3v) is 7.75. The second-order valence-corrected chi connectivity index (χ2v) is 10.4. The number of H-pyrrole nitrogens is 1. The fourth-order valence-electron chi connectivity index (χ4n) is 5.49. The molecule has 1 atom stereocenters. The number of primary amides is 1. The molecule has 2 saturated heterocycles. The van der Waals surface area contributed by atoms with Crippen LogP contribution in [0.2, 0.25) is 0 Å². The molecule has 2 aromatic heterocycles. The van der Waals surface area contributed by atoms with E-state index in [9.17, 15) is 14.4 Å². The molecule has 4 heterocycles. The van der Waals surface area contributed by atoms with Crippen molar-refractivity contribution in [1.82, 2.24) is 30.0 Å². The Kier molecular flexibility index (Phi) is 7.30. The van der Waals surface area contributed by atoms with Crippen LogP contribution < -0.4 is 16.0 Å². The minimum absolute atomic E-state index is 0.0895. The van der Waals surface area contributed by atoms with Crippen LogP contribution in [0.1, 0.15) is 16.9 Å². The van der Waals surface area contributed by atoms with Gasteiger partial charge in [-0.25, -0.2) is 9.97 Å². The van der Waals surface area contributed by atoms with Crippen molar-refractivity contribution >= 4 is 40.0 Å². The van der Waals surface area contributed by atoms with Crippen LogP contribution in [0.3, 0.4) is 0 Å². The molecule has 2 fully saturated rings. The third-order valence-electron chi connectivity index (χ3n) is 7.75. The molecular weight excluding hydrogens is 522 g/mol. The number of hydrogen-bond donors (Lipinski definition) is 3. The molecule has 0 bridgehead atoms. The Morgan fingerprint density at radius 2 is 1.73 bits per heavy atom. The van der Waals surface area contributed by atoms with Crippen molar-refractivity contribution in [3.63, 3.8) is 0 Å². The highest BCUT2D eigenvalue weighted by atomic mass is 16.2. The molecule has 0 unspecified atom stereocenters.